The maximum absolute atomic E-state index is 13.2. The quantitative estimate of drug-likeness (QED) is 0.648. The number of fused-ring (bicyclic) bond motifs is 1. The summed E-state index contributed by atoms with van der Waals surface area (Å²) in [6, 6.07) is 0.0888. The number of rotatable bonds is 7. The lowest BCUT2D eigenvalue weighted by Gasteiger charge is -2.31. The summed E-state index contributed by atoms with van der Waals surface area (Å²) in [6.45, 7) is 9.97. The first-order valence-electron chi connectivity index (χ1n) is 11.9. The highest BCUT2D eigenvalue weighted by Gasteiger charge is 2.26. The van der Waals surface area contributed by atoms with Crippen LogP contribution < -0.4 is 21.9 Å². The molecule has 0 aromatic carbocycles. The van der Waals surface area contributed by atoms with Gasteiger partial charge >= 0.3 is 5.69 Å². The van der Waals surface area contributed by atoms with Gasteiger partial charge in [-0.2, -0.15) is 4.98 Å². The average Bonchev–Trinajstić information content (AvgIpc) is 3.41. The largest absolute Gasteiger partial charge is 0.341 e. The Morgan fingerprint density at radius 2 is 1.84 bits per heavy atom. The van der Waals surface area contributed by atoms with Gasteiger partial charge in [-0.15, -0.1) is 0 Å². The van der Waals surface area contributed by atoms with Gasteiger partial charge in [0, 0.05) is 39.3 Å². The van der Waals surface area contributed by atoms with Crippen LogP contribution in [-0.4, -0.2) is 62.4 Å². The van der Waals surface area contributed by atoms with E-state index < -0.39 is 0 Å². The second kappa shape index (κ2) is 9.62. The number of nitrogens with zero attached hydrogens (tertiary/aromatic N) is 6. The molecule has 0 bridgehead atoms. The molecule has 1 unspecified atom stereocenters. The van der Waals surface area contributed by atoms with Crippen molar-refractivity contribution in [1.82, 2.24) is 23.6 Å². The molecule has 0 saturated carbocycles. The third-order valence-corrected chi connectivity index (χ3v) is 6.69. The van der Waals surface area contributed by atoms with Gasteiger partial charge in [0.15, 0.2) is 11.2 Å². The summed E-state index contributed by atoms with van der Waals surface area (Å²) < 4.78 is 4.89. The Morgan fingerprint density at radius 1 is 1.09 bits per heavy atom. The maximum atomic E-state index is 13.2. The van der Waals surface area contributed by atoms with Crippen molar-refractivity contribution in [3.8, 4) is 0 Å². The van der Waals surface area contributed by atoms with Gasteiger partial charge in [0.05, 0.1) is 0 Å². The smallest absolute Gasteiger partial charge is 0.332 e. The van der Waals surface area contributed by atoms with E-state index in [2.05, 4.69) is 15.9 Å². The summed E-state index contributed by atoms with van der Waals surface area (Å²) in [5.41, 5.74) is 7.83. The SMILES string of the molecule is CC(C)=CCn1c(N2CCCC(N)C2)nc2c1c(=O)n(C)c(=O)n2CCCN1CCCC1. The predicted octanol–water partition coefficient (Wildman–Crippen LogP) is 1.28. The summed E-state index contributed by atoms with van der Waals surface area (Å²) in [7, 11) is 1.57. The predicted molar refractivity (Wildman–Crippen MR) is 128 cm³/mol. The number of aromatic nitrogens is 4. The molecule has 2 saturated heterocycles. The van der Waals surface area contributed by atoms with Crippen molar-refractivity contribution in [1.29, 1.82) is 0 Å². The molecule has 4 heterocycles. The van der Waals surface area contributed by atoms with Crippen LogP contribution in [0.5, 0.6) is 0 Å². The van der Waals surface area contributed by atoms with E-state index in [4.69, 9.17) is 10.7 Å². The van der Waals surface area contributed by atoms with Gasteiger partial charge in [-0.05, 0) is 65.6 Å². The van der Waals surface area contributed by atoms with E-state index >= 15 is 0 Å². The first-order chi connectivity index (χ1) is 15.4. The molecule has 0 spiro atoms. The van der Waals surface area contributed by atoms with Crippen molar-refractivity contribution >= 4 is 17.1 Å². The third kappa shape index (κ3) is 4.54. The van der Waals surface area contributed by atoms with Gasteiger partial charge in [-0.25, -0.2) is 4.79 Å². The molecule has 0 aliphatic carbocycles. The van der Waals surface area contributed by atoms with Crippen LogP contribution in [0.3, 0.4) is 0 Å². The first-order valence-corrected chi connectivity index (χ1v) is 11.9. The van der Waals surface area contributed by atoms with Crippen molar-refractivity contribution in [3.05, 3.63) is 32.5 Å². The van der Waals surface area contributed by atoms with Gasteiger partial charge in [0.1, 0.15) is 0 Å². The molecule has 2 N–H and O–H groups in total. The molecule has 2 fully saturated rings. The second-order valence-corrected chi connectivity index (χ2v) is 9.53. The van der Waals surface area contributed by atoms with Gasteiger partial charge in [-0.3, -0.25) is 13.9 Å². The van der Waals surface area contributed by atoms with Crippen molar-refractivity contribution in [3.63, 3.8) is 0 Å². The fourth-order valence-electron chi connectivity index (χ4n) is 4.89. The van der Waals surface area contributed by atoms with E-state index in [-0.39, 0.29) is 17.3 Å². The summed E-state index contributed by atoms with van der Waals surface area (Å²) in [4.78, 5) is 35.8. The number of anilines is 1. The van der Waals surface area contributed by atoms with E-state index in [1.54, 1.807) is 11.6 Å². The molecular formula is C23H37N7O2. The molecule has 9 heteroatoms. The minimum Gasteiger partial charge on any atom is -0.341 e. The van der Waals surface area contributed by atoms with E-state index in [0.29, 0.717) is 30.8 Å². The van der Waals surface area contributed by atoms with E-state index in [9.17, 15) is 9.59 Å². The summed E-state index contributed by atoms with van der Waals surface area (Å²) in [5, 5.41) is 0. The Hall–Kier alpha value is -2.39. The Labute approximate surface area is 189 Å². The van der Waals surface area contributed by atoms with Crippen molar-refractivity contribution in [2.45, 2.75) is 65.1 Å². The monoisotopic (exact) mass is 443 g/mol. The molecule has 9 nitrogen and oxygen atoms in total. The standard InChI is InChI=1S/C23H37N7O2/c1-17(2)9-15-29-19-20(25-22(29)28-13-6-8-18(24)16-28)30(23(32)26(3)21(19)31)14-7-12-27-10-4-5-11-27/h9,18H,4-8,10-16,24H2,1-3H3. The zero-order valence-electron chi connectivity index (χ0n) is 19.7. The number of allylic oxidation sites excluding steroid dienone is 2. The number of aryl methyl sites for hydroxylation is 1. The normalized spacial score (nSPS) is 19.8. The van der Waals surface area contributed by atoms with Crippen LogP contribution in [0.1, 0.15) is 46.0 Å². The average molecular weight is 444 g/mol. The lowest BCUT2D eigenvalue weighted by Crippen LogP contribution is -2.44. The van der Waals surface area contributed by atoms with E-state index in [0.717, 1.165) is 51.4 Å². The zero-order valence-corrected chi connectivity index (χ0v) is 19.7. The van der Waals surface area contributed by atoms with Gasteiger partial charge in [-0.1, -0.05) is 11.6 Å². The second-order valence-electron chi connectivity index (χ2n) is 9.53. The van der Waals surface area contributed by atoms with Gasteiger partial charge < -0.3 is 20.1 Å². The van der Waals surface area contributed by atoms with Crippen molar-refractivity contribution in [2.75, 3.05) is 37.6 Å². The van der Waals surface area contributed by atoms with Gasteiger partial charge in [0.2, 0.25) is 5.95 Å². The number of imidazole rings is 1. The topological polar surface area (TPSA) is 94.3 Å². The number of hydrogen-bond donors (Lipinski definition) is 1. The maximum Gasteiger partial charge on any atom is 0.332 e. The van der Waals surface area contributed by atoms with Gasteiger partial charge in [0.25, 0.3) is 5.56 Å². The number of hydrogen-bond acceptors (Lipinski definition) is 6. The number of likely N-dealkylation sites (tertiary alicyclic amines) is 1. The van der Waals surface area contributed by atoms with Crippen LogP contribution in [0.15, 0.2) is 21.2 Å². The molecule has 176 valence electrons. The lowest BCUT2D eigenvalue weighted by atomic mass is 10.1. The summed E-state index contributed by atoms with van der Waals surface area (Å²) >= 11 is 0. The Bertz CT molecular complexity index is 1100. The highest BCUT2D eigenvalue weighted by atomic mass is 16.2. The third-order valence-electron chi connectivity index (χ3n) is 6.69. The highest BCUT2D eigenvalue weighted by Crippen LogP contribution is 2.23. The van der Waals surface area contributed by atoms with Crippen LogP contribution in [0.2, 0.25) is 0 Å². The summed E-state index contributed by atoms with van der Waals surface area (Å²) in [6.07, 6.45) is 7.44. The van der Waals surface area contributed by atoms with Crippen LogP contribution in [0.4, 0.5) is 5.95 Å². The van der Waals surface area contributed by atoms with Crippen LogP contribution in [0.25, 0.3) is 11.2 Å². The summed E-state index contributed by atoms with van der Waals surface area (Å²) in [5.74, 6) is 0.739. The highest BCUT2D eigenvalue weighted by molar-refractivity contribution is 5.75. The molecule has 4 rings (SSSR count). The van der Waals surface area contributed by atoms with Crippen molar-refractivity contribution < 1.29 is 0 Å². The number of nitrogens with two attached hydrogens (primary N) is 1. The molecule has 2 aromatic heterocycles. The number of piperidine rings is 1. The molecule has 2 aliphatic rings. The molecule has 0 amide bonds. The molecule has 2 aliphatic heterocycles. The molecule has 2 aromatic rings. The van der Waals surface area contributed by atoms with Crippen LogP contribution in [-0.2, 0) is 20.1 Å². The van der Waals surface area contributed by atoms with E-state index in [1.165, 1.54) is 23.0 Å². The van der Waals surface area contributed by atoms with Crippen LogP contribution >= 0.6 is 0 Å². The van der Waals surface area contributed by atoms with E-state index in [1.807, 2.05) is 18.4 Å². The minimum absolute atomic E-state index is 0.0888. The minimum atomic E-state index is -0.294. The first kappa shape index (κ1) is 22.8. The molecule has 32 heavy (non-hydrogen) atoms. The molecule has 0 radical (unpaired) electrons. The zero-order chi connectivity index (χ0) is 22.8. The molecule has 1 atom stereocenters. The fraction of sp³-hybridized carbons (Fsp3) is 0.696. The Kier molecular flexibility index (Phi) is 6.85. The van der Waals surface area contributed by atoms with Crippen LogP contribution in [0, 0.1) is 0 Å². The Balaban J connectivity index is 1.79. The van der Waals surface area contributed by atoms with Crippen molar-refractivity contribution in [2.24, 2.45) is 12.8 Å². The Morgan fingerprint density at radius 3 is 2.53 bits per heavy atom. The lowest BCUT2D eigenvalue weighted by molar-refractivity contribution is 0.324. The fourth-order valence-corrected chi connectivity index (χ4v) is 4.89. The molecular weight excluding hydrogens is 406 g/mol.